The van der Waals surface area contributed by atoms with Crippen molar-refractivity contribution in [2.45, 2.75) is 57.5 Å². The molecule has 0 bridgehead atoms. The Hall–Kier alpha value is -0.610. The average molecular weight is 267 g/mol. The number of piperidine rings is 1. The molecule has 19 heavy (non-hydrogen) atoms. The minimum Gasteiger partial charge on any atom is -0.340 e. The first kappa shape index (κ1) is 14.8. The molecule has 2 fully saturated rings. The van der Waals surface area contributed by atoms with Crippen LogP contribution < -0.4 is 5.32 Å². The van der Waals surface area contributed by atoms with Gasteiger partial charge in [-0.25, -0.2) is 0 Å². The molecular formula is C15H29N3O. The molecule has 4 nitrogen and oxygen atoms in total. The second-order valence-electron chi connectivity index (χ2n) is 6.00. The van der Waals surface area contributed by atoms with Gasteiger partial charge in [0.15, 0.2) is 0 Å². The van der Waals surface area contributed by atoms with Gasteiger partial charge in [0.1, 0.15) is 0 Å². The number of hydrogen-bond acceptors (Lipinski definition) is 3. The van der Waals surface area contributed by atoms with E-state index < -0.39 is 0 Å². The maximum atomic E-state index is 12.3. The molecule has 2 aliphatic rings. The highest BCUT2D eigenvalue weighted by Gasteiger charge is 2.28. The number of hydrogen-bond donors (Lipinski definition) is 1. The molecule has 1 amide bonds. The first-order valence-electron chi connectivity index (χ1n) is 7.94. The van der Waals surface area contributed by atoms with Gasteiger partial charge in [-0.15, -0.1) is 0 Å². The Morgan fingerprint density at radius 1 is 1.26 bits per heavy atom. The van der Waals surface area contributed by atoms with E-state index in [1.807, 2.05) is 0 Å². The molecule has 110 valence electrons. The van der Waals surface area contributed by atoms with Gasteiger partial charge in [0.25, 0.3) is 0 Å². The highest BCUT2D eigenvalue weighted by Crippen LogP contribution is 2.22. The van der Waals surface area contributed by atoms with Gasteiger partial charge in [0.05, 0.1) is 6.04 Å². The number of likely N-dealkylation sites (N-methyl/N-ethyl adjacent to an activating group) is 2. The highest BCUT2D eigenvalue weighted by molar-refractivity contribution is 5.82. The van der Waals surface area contributed by atoms with Crippen LogP contribution in [0.15, 0.2) is 0 Å². The van der Waals surface area contributed by atoms with E-state index in [1.54, 1.807) is 0 Å². The minimum atomic E-state index is 0.0653. The van der Waals surface area contributed by atoms with E-state index in [4.69, 9.17) is 0 Å². The van der Waals surface area contributed by atoms with E-state index in [1.165, 1.54) is 25.7 Å². The van der Waals surface area contributed by atoms with Crippen molar-refractivity contribution in [3.8, 4) is 0 Å². The van der Waals surface area contributed by atoms with Crippen LogP contribution in [0.1, 0.15) is 45.4 Å². The maximum Gasteiger partial charge on any atom is 0.239 e. The second kappa shape index (κ2) is 7.25. The van der Waals surface area contributed by atoms with Gasteiger partial charge in [-0.3, -0.25) is 4.79 Å². The summed E-state index contributed by atoms with van der Waals surface area (Å²) in [5.41, 5.74) is 0. The molecule has 1 aliphatic heterocycles. The van der Waals surface area contributed by atoms with E-state index >= 15 is 0 Å². The summed E-state index contributed by atoms with van der Waals surface area (Å²) in [5.74, 6) is 0.313. The number of amides is 1. The molecular weight excluding hydrogens is 238 g/mol. The summed E-state index contributed by atoms with van der Waals surface area (Å²) in [6, 6.07) is 0.819. The predicted octanol–water partition coefficient (Wildman–Crippen LogP) is 1.46. The van der Waals surface area contributed by atoms with Gasteiger partial charge in [-0.1, -0.05) is 19.8 Å². The molecule has 1 unspecified atom stereocenters. The first-order valence-corrected chi connectivity index (χ1v) is 7.94. The third-order valence-corrected chi connectivity index (χ3v) is 4.65. The van der Waals surface area contributed by atoms with Crippen molar-refractivity contribution in [2.75, 3.05) is 33.2 Å². The average Bonchev–Trinajstić information content (AvgIpc) is 2.94. The van der Waals surface area contributed by atoms with Gasteiger partial charge in [0.2, 0.25) is 5.91 Å². The number of nitrogens with zero attached hydrogens (tertiary/aromatic N) is 2. The van der Waals surface area contributed by atoms with Crippen molar-refractivity contribution >= 4 is 5.91 Å². The fraction of sp³-hybridized carbons (Fsp3) is 0.933. The number of nitrogens with one attached hydrogen (secondary N) is 1. The van der Waals surface area contributed by atoms with Gasteiger partial charge < -0.3 is 15.1 Å². The Bertz CT molecular complexity index is 287. The van der Waals surface area contributed by atoms with Crippen molar-refractivity contribution in [2.24, 2.45) is 0 Å². The van der Waals surface area contributed by atoms with Crippen LogP contribution in [0, 0.1) is 0 Å². The molecule has 1 N–H and O–H groups in total. The summed E-state index contributed by atoms with van der Waals surface area (Å²) >= 11 is 0. The van der Waals surface area contributed by atoms with Crippen LogP contribution >= 0.6 is 0 Å². The molecule has 0 aromatic rings. The summed E-state index contributed by atoms with van der Waals surface area (Å²) in [6.07, 6.45) is 7.56. The number of rotatable bonds is 6. The Kier molecular flexibility index (Phi) is 5.64. The lowest BCUT2D eigenvalue weighted by Gasteiger charge is -2.34. The molecule has 0 radical (unpaired) electrons. The van der Waals surface area contributed by atoms with Gasteiger partial charge in [-0.2, -0.15) is 0 Å². The van der Waals surface area contributed by atoms with E-state index in [9.17, 15) is 4.79 Å². The van der Waals surface area contributed by atoms with Crippen molar-refractivity contribution in [1.29, 1.82) is 0 Å². The molecule has 0 spiro atoms. The third-order valence-electron chi connectivity index (χ3n) is 4.65. The van der Waals surface area contributed by atoms with Crippen LogP contribution in [0.4, 0.5) is 0 Å². The zero-order valence-corrected chi connectivity index (χ0v) is 12.5. The molecule has 1 saturated heterocycles. The predicted molar refractivity (Wildman–Crippen MR) is 78.2 cm³/mol. The van der Waals surface area contributed by atoms with E-state index in [2.05, 4.69) is 29.1 Å². The van der Waals surface area contributed by atoms with Gasteiger partial charge in [-0.05, 0) is 39.3 Å². The Morgan fingerprint density at radius 2 is 2.00 bits per heavy atom. The molecule has 0 aromatic heterocycles. The molecule has 1 saturated carbocycles. The third kappa shape index (κ3) is 3.93. The molecule has 0 aromatic carbocycles. The molecule has 4 heteroatoms. The Morgan fingerprint density at radius 3 is 2.68 bits per heavy atom. The number of likely N-dealkylation sites (tertiary alicyclic amines) is 1. The molecule has 1 aliphatic carbocycles. The maximum absolute atomic E-state index is 12.3. The zero-order valence-electron chi connectivity index (χ0n) is 12.5. The van der Waals surface area contributed by atoms with Gasteiger partial charge in [0, 0.05) is 25.7 Å². The van der Waals surface area contributed by atoms with Crippen LogP contribution in [-0.4, -0.2) is 61.0 Å². The van der Waals surface area contributed by atoms with Crippen LogP contribution in [0.3, 0.4) is 0 Å². The second-order valence-corrected chi connectivity index (χ2v) is 6.00. The van der Waals surface area contributed by atoms with Crippen LogP contribution in [-0.2, 0) is 4.79 Å². The topological polar surface area (TPSA) is 35.6 Å². The minimum absolute atomic E-state index is 0.0653. The monoisotopic (exact) mass is 267 g/mol. The standard InChI is InChI=1S/C15H29N3O/c1-3-16-14-9-6-10-18(15(14)19)12-11-17(2)13-7-4-5-8-13/h13-14,16H,3-12H2,1-2H3. The van der Waals surface area contributed by atoms with Crippen LogP contribution in [0.2, 0.25) is 0 Å². The zero-order chi connectivity index (χ0) is 13.7. The van der Waals surface area contributed by atoms with Crippen LogP contribution in [0.25, 0.3) is 0 Å². The smallest absolute Gasteiger partial charge is 0.239 e. The SMILES string of the molecule is CCNC1CCCN(CCN(C)C2CCCC2)C1=O. The molecule has 2 rings (SSSR count). The lowest BCUT2D eigenvalue weighted by Crippen LogP contribution is -2.52. The van der Waals surface area contributed by atoms with E-state index in [0.29, 0.717) is 5.91 Å². The Labute approximate surface area is 117 Å². The van der Waals surface area contributed by atoms with Crippen molar-refractivity contribution in [3.05, 3.63) is 0 Å². The van der Waals surface area contributed by atoms with Gasteiger partial charge >= 0.3 is 0 Å². The summed E-state index contributed by atoms with van der Waals surface area (Å²) in [4.78, 5) is 16.8. The lowest BCUT2D eigenvalue weighted by molar-refractivity contribution is -0.136. The van der Waals surface area contributed by atoms with E-state index in [-0.39, 0.29) is 6.04 Å². The van der Waals surface area contributed by atoms with Crippen molar-refractivity contribution < 1.29 is 4.79 Å². The lowest BCUT2D eigenvalue weighted by atomic mass is 10.0. The molecule has 1 heterocycles. The van der Waals surface area contributed by atoms with Crippen LogP contribution in [0.5, 0.6) is 0 Å². The molecule has 1 atom stereocenters. The summed E-state index contributed by atoms with van der Waals surface area (Å²) in [5, 5.41) is 3.30. The largest absolute Gasteiger partial charge is 0.340 e. The fourth-order valence-corrected chi connectivity index (χ4v) is 3.40. The summed E-state index contributed by atoms with van der Waals surface area (Å²) < 4.78 is 0. The Balaban J connectivity index is 1.76. The normalized spacial score (nSPS) is 25.5. The van der Waals surface area contributed by atoms with Crippen molar-refractivity contribution in [3.63, 3.8) is 0 Å². The summed E-state index contributed by atoms with van der Waals surface area (Å²) in [6.45, 7) is 5.81. The fourth-order valence-electron chi connectivity index (χ4n) is 3.40. The number of carbonyl (C=O) groups is 1. The summed E-state index contributed by atoms with van der Waals surface area (Å²) in [7, 11) is 2.21. The van der Waals surface area contributed by atoms with E-state index in [0.717, 1.165) is 45.1 Å². The first-order chi connectivity index (χ1) is 9.22. The van der Waals surface area contributed by atoms with Crippen molar-refractivity contribution in [1.82, 2.24) is 15.1 Å². The quantitative estimate of drug-likeness (QED) is 0.791. The number of carbonyl (C=O) groups excluding carboxylic acids is 1. The highest BCUT2D eigenvalue weighted by atomic mass is 16.2.